The zero-order valence-electron chi connectivity index (χ0n) is 16.2. The fourth-order valence-electron chi connectivity index (χ4n) is 3.95. The van der Waals surface area contributed by atoms with E-state index in [9.17, 15) is 13.2 Å². The highest BCUT2D eigenvalue weighted by molar-refractivity contribution is 5.67. The highest BCUT2D eigenvalue weighted by Crippen LogP contribution is 2.33. The van der Waals surface area contributed by atoms with Crippen LogP contribution in [0.2, 0.25) is 0 Å². The zero-order valence-corrected chi connectivity index (χ0v) is 16.2. The summed E-state index contributed by atoms with van der Waals surface area (Å²) in [6, 6.07) is 7.09. The molecule has 2 N–H and O–H groups in total. The smallest absolute Gasteiger partial charge is 0.340 e. The zero-order chi connectivity index (χ0) is 20.3. The molecular weight excluding hydrogens is 377 g/mol. The van der Waals surface area contributed by atoms with Crippen LogP contribution in [-0.4, -0.2) is 23.1 Å². The molecule has 2 aliphatic rings. The maximum atomic E-state index is 13.1. The second kappa shape index (κ2) is 8.53. The summed E-state index contributed by atoms with van der Waals surface area (Å²) in [5, 5.41) is 6.43. The minimum Gasteiger partial charge on any atom is -0.340 e. The molecule has 4 rings (SSSR count). The number of piperidine rings is 1. The topological polar surface area (TPSA) is 49.8 Å². The SMILES string of the molecule is FC(F)(F)c1cccc(Nc2cc(C3=CCCCC3)nc(C3CCNCC3)n2)c1. The van der Waals surface area contributed by atoms with Crippen molar-refractivity contribution < 1.29 is 13.2 Å². The van der Waals surface area contributed by atoms with Crippen LogP contribution in [0.15, 0.2) is 36.4 Å². The van der Waals surface area contributed by atoms with Gasteiger partial charge in [-0.05, 0) is 75.4 Å². The van der Waals surface area contributed by atoms with Crippen molar-refractivity contribution in [2.24, 2.45) is 0 Å². The average molecular weight is 402 g/mol. The summed E-state index contributed by atoms with van der Waals surface area (Å²) in [5.41, 5.74) is 1.80. The first-order valence-corrected chi connectivity index (χ1v) is 10.2. The Hall–Kier alpha value is -2.41. The van der Waals surface area contributed by atoms with Crippen molar-refractivity contribution in [1.82, 2.24) is 15.3 Å². The lowest BCUT2D eigenvalue weighted by molar-refractivity contribution is -0.137. The van der Waals surface area contributed by atoms with Gasteiger partial charge in [-0.1, -0.05) is 12.1 Å². The number of allylic oxidation sites excluding steroid dienone is 2. The number of benzene rings is 1. The Balaban J connectivity index is 1.67. The molecule has 1 aliphatic carbocycles. The maximum Gasteiger partial charge on any atom is 0.416 e. The molecule has 154 valence electrons. The minimum atomic E-state index is -4.37. The van der Waals surface area contributed by atoms with Crippen LogP contribution in [-0.2, 0) is 6.18 Å². The van der Waals surface area contributed by atoms with E-state index in [2.05, 4.69) is 21.7 Å². The molecule has 1 aliphatic heterocycles. The van der Waals surface area contributed by atoms with Crippen LogP contribution in [0.5, 0.6) is 0 Å². The van der Waals surface area contributed by atoms with E-state index >= 15 is 0 Å². The van der Waals surface area contributed by atoms with Crippen molar-refractivity contribution in [3.63, 3.8) is 0 Å². The lowest BCUT2D eigenvalue weighted by Gasteiger charge is -2.23. The molecule has 0 unspecified atom stereocenters. The molecule has 2 aromatic rings. The summed E-state index contributed by atoms with van der Waals surface area (Å²) in [7, 11) is 0. The first-order valence-electron chi connectivity index (χ1n) is 10.2. The third-order valence-electron chi connectivity index (χ3n) is 5.53. The molecule has 1 fully saturated rings. The Labute approximate surface area is 168 Å². The standard InChI is InChI=1S/C22H25F3N4/c23-22(24,25)17-7-4-8-18(13-17)27-20-14-19(15-5-2-1-3-6-15)28-21(29-20)16-9-11-26-12-10-16/h4-5,7-8,13-14,16,26H,1-3,6,9-12H2,(H,27,28,29). The first kappa shape index (κ1) is 19.9. The van der Waals surface area contributed by atoms with E-state index in [1.165, 1.54) is 18.1 Å². The molecule has 1 aromatic carbocycles. The molecule has 0 bridgehead atoms. The molecule has 1 saturated heterocycles. The Kier molecular flexibility index (Phi) is 5.85. The molecule has 0 saturated carbocycles. The molecule has 1 aromatic heterocycles. The van der Waals surface area contributed by atoms with Crippen molar-refractivity contribution in [2.45, 2.75) is 50.6 Å². The van der Waals surface area contributed by atoms with Crippen LogP contribution in [0.1, 0.15) is 61.5 Å². The van der Waals surface area contributed by atoms with Crippen LogP contribution in [0, 0.1) is 0 Å². The monoisotopic (exact) mass is 402 g/mol. The van der Waals surface area contributed by atoms with E-state index in [0.29, 0.717) is 11.5 Å². The number of nitrogens with one attached hydrogen (secondary N) is 2. The lowest BCUT2D eigenvalue weighted by atomic mass is 9.95. The summed E-state index contributed by atoms with van der Waals surface area (Å²) < 4.78 is 39.2. The number of hydrogen-bond donors (Lipinski definition) is 2. The van der Waals surface area contributed by atoms with Gasteiger partial charge in [-0.3, -0.25) is 0 Å². The Morgan fingerprint density at radius 3 is 2.59 bits per heavy atom. The molecule has 0 amide bonds. The number of anilines is 2. The van der Waals surface area contributed by atoms with Crippen LogP contribution >= 0.6 is 0 Å². The van der Waals surface area contributed by atoms with E-state index in [1.807, 2.05) is 6.07 Å². The third-order valence-corrected chi connectivity index (χ3v) is 5.53. The number of alkyl halides is 3. The Morgan fingerprint density at radius 1 is 1.03 bits per heavy atom. The fourth-order valence-corrected chi connectivity index (χ4v) is 3.95. The van der Waals surface area contributed by atoms with Gasteiger partial charge >= 0.3 is 6.18 Å². The van der Waals surface area contributed by atoms with E-state index in [0.717, 1.165) is 68.8 Å². The number of halogens is 3. The largest absolute Gasteiger partial charge is 0.416 e. The Bertz CT molecular complexity index is 886. The normalized spacial score (nSPS) is 18.4. The summed E-state index contributed by atoms with van der Waals surface area (Å²) >= 11 is 0. The van der Waals surface area contributed by atoms with Crippen molar-refractivity contribution in [1.29, 1.82) is 0 Å². The highest BCUT2D eigenvalue weighted by atomic mass is 19.4. The predicted molar refractivity (Wildman–Crippen MR) is 108 cm³/mol. The van der Waals surface area contributed by atoms with Crippen LogP contribution < -0.4 is 10.6 Å². The van der Waals surface area contributed by atoms with Gasteiger partial charge in [-0.15, -0.1) is 0 Å². The fraction of sp³-hybridized carbons (Fsp3) is 0.455. The van der Waals surface area contributed by atoms with E-state index < -0.39 is 11.7 Å². The van der Waals surface area contributed by atoms with E-state index in [-0.39, 0.29) is 5.92 Å². The molecule has 4 nitrogen and oxygen atoms in total. The van der Waals surface area contributed by atoms with Crippen molar-refractivity contribution in [3.8, 4) is 0 Å². The van der Waals surface area contributed by atoms with Crippen molar-refractivity contribution in [2.75, 3.05) is 18.4 Å². The second-order valence-corrected chi connectivity index (χ2v) is 7.70. The van der Waals surface area contributed by atoms with Gasteiger partial charge < -0.3 is 10.6 Å². The van der Waals surface area contributed by atoms with Crippen molar-refractivity contribution >= 4 is 17.1 Å². The van der Waals surface area contributed by atoms with Gasteiger partial charge in [0.25, 0.3) is 0 Å². The summed E-state index contributed by atoms with van der Waals surface area (Å²) in [6.07, 6.45) is 4.12. The van der Waals surface area contributed by atoms with Crippen LogP contribution in [0.3, 0.4) is 0 Å². The number of hydrogen-bond acceptors (Lipinski definition) is 4. The number of nitrogens with zero attached hydrogens (tertiary/aromatic N) is 2. The lowest BCUT2D eigenvalue weighted by Crippen LogP contribution is -2.27. The number of aromatic nitrogens is 2. The first-order chi connectivity index (χ1) is 14.0. The van der Waals surface area contributed by atoms with Crippen molar-refractivity contribution in [3.05, 3.63) is 53.5 Å². The van der Waals surface area contributed by atoms with Gasteiger partial charge in [-0.2, -0.15) is 13.2 Å². The maximum absolute atomic E-state index is 13.1. The average Bonchev–Trinajstić information content (AvgIpc) is 2.74. The molecule has 0 radical (unpaired) electrons. The molecule has 0 atom stereocenters. The predicted octanol–water partition coefficient (Wildman–Crippen LogP) is 5.66. The van der Waals surface area contributed by atoms with Crippen LogP contribution in [0.4, 0.5) is 24.7 Å². The molecule has 2 heterocycles. The van der Waals surface area contributed by atoms with E-state index in [1.54, 1.807) is 6.07 Å². The molecule has 7 heteroatoms. The third kappa shape index (κ3) is 4.96. The molecule has 29 heavy (non-hydrogen) atoms. The van der Waals surface area contributed by atoms with Gasteiger partial charge in [0.2, 0.25) is 0 Å². The van der Waals surface area contributed by atoms with Crippen LogP contribution in [0.25, 0.3) is 5.57 Å². The second-order valence-electron chi connectivity index (χ2n) is 7.70. The minimum absolute atomic E-state index is 0.266. The van der Waals surface area contributed by atoms with Gasteiger partial charge in [-0.25, -0.2) is 9.97 Å². The van der Waals surface area contributed by atoms with E-state index in [4.69, 9.17) is 4.98 Å². The molecular formula is C22H25F3N4. The molecule has 0 spiro atoms. The summed E-state index contributed by atoms with van der Waals surface area (Å²) in [4.78, 5) is 9.53. The van der Waals surface area contributed by atoms with Gasteiger partial charge in [0.1, 0.15) is 11.6 Å². The van der Waals surface area contributed by atoms with Gasteiger partial charge in [0.05, 0.1) is 11.3 Å². The summed E-state index contributed by atoms with van der Waals surface area (Å²) in [6.45, 7) is 1.86. The van der Waals surface area contributed by atoms with Gasteiger partial charge in [0.15, 0.2) is 0 Å². The Morgan fingerprint density at radius 2 is 1.86 bits per heavy atom. The quantitative estimate of drug-likeness (QED) is 0.693. The number of rotatable bonds is 4. The van der Waals surface area contributed by atoms with Gasteiger partial charge in [0, 0.05) is 17.7 Å². The highest BCUT2D eigenvalue weighted by Gasteiger charge is 2.30. The summed E-state index contributed by atoms with van der Waals surface area (Å²) in [5.74, 6) is 1.60.